The summed E-state index contributed by atoms with van der Waals surface area (Å²) in [6.45, 7) is 2.25. The summed E-state index contributed by atoms with van der Waals surface area (Å²) in [5.74, 6) is 3.20. The molecule has 0 spiro atoms. The van der Waals surface area contributed by atoms with Crippen LogP contribution in [0.1, 0.15) is 12.8 Å². The predicted octanol–water partition coefficient (Wildman–Crippen LogP) is 0.128. The number of para-hydroxylation sites is 1. The quantitative estimate of drug-likeness (QED) is 0.801. The van der Waals surface area contributed by atoms with Crippen LogP contribution in [-0.4, -0.2) is 28.7 Å². The Balaban J connectivity index is 0.000000882. The molecule has 2 N–H and O–H groups in total. The van der Waals surface area contributed by atoms with Gasteiger partial charge in [0.15, 0.2) is 0 Å². The summed E-state index contributed by atoms with van der Waals surface area (Å²) in [6.07, 6.45) is 2.70. The van der Waals surface area contributed by atoms with Gasteiger partial charge in [-0.3, -0.25) is 0 Å². The molecule has 5 heteroatoms. The first-order valence-electron chi connectivity index (χ1n) is 7.31. The molecule has 2 unspecified atom stereocenters. The molecule has 0 radical (unpaired) electrons. The van der Waals surface area contributed by atoms with Crippen molar-refractivity contribution in [2.45, 2.75) is 12.8 Å². The maximum Gasteiger partial charge on any atom is 1.00 e. The second-order valence-corrected chi connectivity index (χ2v) is 5.89. The zero-order valence-electron chi connectivity index (χ0n) is 12.8. The van der Waals surface area contributed by atoms with Crippen LogP contribution in [0, 0.1) is 11.8 Å². The zero-order chi connectivity index (χ0) is 13.5. The number of fused-ring (bicyclic) bond motifs is 1. The van der Waals surface area contributed by atoms with E-state index in [0.717, 1.165) is 42.0 Å². The number of aromatic nitrogens is 1. The molecule has 2 atom stereocenters. The van der Waals surface area contributed by atoms with Crippen molar-refractivity contribution in [3.8, 4) is 17.0 Å². The van der Waals surface area contributed by atoms with E-state index >= 15 is 0 Å². The molecule has 1 aliphatic heterocycles. The van der Waals surface area contributed by atoms with Crippen molar-refractivity contribution in [3.05, 3.63) is 42.5 Å². The fourth-order valence-corrected chi connectivity index (χ4v) is 3.23. The number of nitrogens with zero attached hydrogens (tertiary/aromatic N) is 2. The van der Waals surface area contributed by atoms with Gasteiger partial charge in [0.05, 0.1) is 5.69 Å². The van der Waals surface area contributed by atoms with E-state index in [1.54, 1.807) is 6.07 Å². The Morgan fingerprint density at radius 1 is 1.05 bits per heavy atom. The van der Waals surface area contributed by atoms with Gasteiger partial charge in [-0.25, -0.2) is 4.98 Å². The second kappa shape index (κ2) is 7.01. The van der Waals surface area contributed by atoms with Gasteiger partial charge in [0.1, 0.15) is 11.6 Å². The normalized spacial score (nSPS) is 22.1. The van der Waals surface area contributed by atoms with Crippen LogP contribution in [-0.2, 0) is 0 Å². The number of aromatic hydroxyl groups is 1. The van der Waals surface area contributed by atoms with Crippen LogP contribution in [0.5, 0.6) is 5.75 Å². The van der Waals surface area contributed by atoms with E-state index in [1.807, 2.05) is 30.3 Å². The number of benzene rings is 1. The third kappa shape index (κ3) is 3.30. The number of rotatable bonds is 2. The number of anilines is 1. The largest absolute Gasteiger partial charge is 1.00 e. The molecule has 22 heavy (non-hydrogen) atoms. The van der Waals surface area contributed by atoms with Gasteiger partial charge in [0.25, 0.3) is 0 Å². The Kier molecular flexibility index (Phi) is 5.50. The first kappa shape index (κ1) is 17.3. The second-order valence-electron chi connectivity index (χ2n) is 5.89. The first-order chi connectivity index (χ1) is 9.81. The van der Waals surface area contributed by atoms with E-state index < -0.39 is 0 Å². The molecule has 0 bridgehead atoms. The third-order valence-corrected chi connectivity index (χ3v) is 4.53. The van der Waals surface area contributed by atoms with E-state index in [1.165, 1.54) is 12.8 Å². The summed E-state index contributed by atoms with van der Waals surface area (Å²) in [6, 6.07) is 13.4. The molecule has 2 fully saturated rings. The first-order valence-corrected chi connectivity index (χ1v) is 7.31. The minimum absolute atomic E-state index is 0. The molecule has 4 nitrogen and oxygen atoms in total. The summed E-state index contributed by atoms with van der Waals surface area (Å²) < 4.78 is 0. The van der Waals surface area contributed by atoms with Crippen molar-refractivity contribution in [3.63, 3.8) is 0 Å². The van der Waals surface area contributed by atoms with E-state index in [4.69, 9.17) is 4.98 Å². The number of hydrogen-bond acceptors (Lipinski definition) is 4. The number of hydrogen-bond donors (Lipinski definition) is 1. The van der Waals surface area contributed by atoms with Crippen molar-refractivity contribution in [1.29, 1.82) is 0 Å². The van der Waals surface area contributed by atoms with Gasteiger partial charge >= 0.3 is 29.6 Å². The molecule has 1 aromatic heterocycles. The fraction of sp³-hybridized carbons (Fsp3) is 0.353. The summed E-state index contributed by atoms with van der Waals surface area (Å²) in [5.41, 5.74) is 1.65. The van der Waals surface area contributed by atoms with Crippen LogP contribution in [0.25, 0.3) is 11.3 Å². The molecule has 2 aromatic rings. The molecule has 0 amide bonds. The van der Waals surface area contributed by atoms with Gasteiger partial charge in [-0.1, -0.05) is 18.2 Å². The number of pyridine rings is 1. The SMILES string of the molecule is Oc1ccccc1-c1cccc(N2CCC3CC3C2)n1.[Na+].[OH-]. The number of piperidine rings is 1. The van der Waals surface area contributed by atoms with Gasteiger partial charge in [0.2, 0.25) is 0 Å². The minimum Gasteiger partial charge on any atom is -0.870 e. The van der Waals surface area contributed by atoms with Crippen molar-refractivity contribution >= 4 is 5.82 Å². The number of phenolic OH excluding ortho intramolecular Hbond substituents is 1. The Bertz CT molecular complexity index is 650. The van der Waals surface area contributed by atoms with Crippen molar-refractivity contribution in [2.24, 2.45) is 11.8 Å². The third-order valence-electron chi connectivity index (χ3n) is 4.53. The summed E-state index contributed by atoms with van der Waals surface area (Å²) in [7, 11) is 0. The molecular weight excluding hydrogens is 287 g/mol. The van der Waals surface area contributed by atoms with Crippen LogP contribution in [0.2, 0.25) is 0 Å². The zero-order valence-corrected chi connectivity index (χ0v) is 14.8. The smallest absolute Gasteiger partial charge is 0.870 e. The number of phenols is 1. The molecule has 110 valence electrons. The molecule has 1 aromatic carbocycles. The summed E-state index contributed by atoms with van der Waals surface area (Å²) in [4.78, 5) is 7.13. The molecule has 2 aliphatic rings. The van der Waals surface area contributed by atoms with Crippen LogP contribution in [0.3, 0.4) is 0 Å². The van der Waals surface area contributed by atoms with Crippen LogP contribution in [0.4, 0.5) is 5.82 Å². The molecule has 1 saturated carbocycles. The average molecular weight is 306 g/mol. The maximum atomic E-state index is 9.96. The molecule has 1 saturated heterocycles. The van der Waals surface area contributed by atoms with Gasteiger partial charge in [-0.15, -0.1) is 0 Å². The Hall–Kier alpha value is -1.07. The van der Waals surface area contributed by atoms with Gasteiger partial charge in [-0.2, -0.15) is 0 Å². The fourth-order valence-electron chi connectivity index (χ4n) is 3.23. The van der Waals surface area contributed by atoms with Gasteiger partial charge in [0, 0.05) is 18.7 Å². The Morgan fingerprint density at radius 2 is 1.86 bits per heavy atom. The Labute approximate surface area is 152 Å². The molecular formula is C17H19N2NaO2. The van der Waals surface area contributed by atoms with E-state index in [9.17, 15) is 5.11 Å². The Morgan fingerprint density at radius 3 is 2.64 bits per heavy atom. The van der Waals surface area contributed by atoms with Crippen molar-refractivity contribution < 1.29 is 40.1 Å². The molecule has 4 rings (SSSR count). The van der Waals surface area contributed by atoms with E-state index in [-0.39, 0.29) is 40.8 Å². The van der Waals surface area contributed by atoms with Crippen LogP contribution in [0.15, 0.2) is 42.5 Å². The standard InChI is InChI=1S/C17H18N2O.Na.H2O/c20-16-6-2-1-4-14(16)15-5-3-7-17(18-15)19-9-8-12-10-13(12)11-19;;/h1-7,12-13,20H,8-11H2;;1H2/q;+1;/p-1. The predicted molar refractivity (Wildman–Crippen MR) is 81.7 cm³/mol. The topological polar surface area (TPSA) is 66.4 Å². The minimum atomic E-state index is 0. The molecule has 2 heterocycles. The summed E-state index contributed by atoms with van der Waals surface area (Å²) in [5, 5.41) is 9.96. The molecule has 1 aliphatic carbocycles. The van der Waals surface area contributed by atoms with Crippen LogP contribution < -0.4 is 34.5 Å². The monoisotopic (exact) mass is 306 g/mol. The van der Waals surface area contributed by atoms with E-state index in [0.29, 0.717) is 0 Å². The van der Waals surface area contributed by atoms with Crippen molar-refractivity contribution in [2.75, 3.05) is 18.0 Å². The van der Waals surface area contributed by atoms with Crippen LogP contribution >= 0.6 is 0 Å². The maximum absolute atomic E-state index is 9.96. The van der Waals surface area contributed by atoms with Crippen molar-refractivity contribution in [1.82, 2.24) is 4.98 Å². The van der Waals surface area contributed by atoms with Gasteiger partial charge < -0.3 is 15.5 Å². The average Bonchev–Trinajstić information content (AvgIpc) is 3.26. The van der Waals surface area contributed by atoms with E-state index in [2.05, 4.69) is 11.0 Å². The van der Waals surface area contributed by atoms with Gasteiger partial charge in [-0.05, 0) is 48.9 Å². The summed E-state index contributed by atoms with van der Waals surface area (Å²) >= 11 is 0.